The molecule has 0 aromatic heterocycles. The van der Waals surface area contributed by atoms with Gasteiger partial charge in [0, 0.05) is 6.42 Å². The quantitative estimate of drug-likeness (QED) is 0.687. The predicted octanol–water partition coefficient (Wildman–Crippen LogP) is 0.943. The van der Waals surface area contributed by atoms with Crippen LogP contribution in [0.15, 0.2) is 0 Å². The molecular weight excluding hydrogens is 214 g/mol. The number of alkyl carbamates (subject to hydrolysis) is 1. The molecular formula is C10H17NO5. The van der Waals surface area contributed by atoms with Gasteiger partial charge < -0.3 is 20.0 Å². The van der Waals surface area contributed by atoms with E-state index in [0.717, 1.165) is 0 Å². The molecule has 6 heteroatoms. The topological polar surface area (TPSA) is 92.7 Å². The van der Waals surface area contributed by atoms with E-state index in [0.29, 0.717) is 6.29 Å². The Morgan fingerprint density at radius 1 is 1.44 bits per heavy atom. The molecule has 0 aliphatic heterocycles. The molecule has 1 atom stereocenters. The van der Waals surface area contributed by atoms with Crippen LogP contribution in [0.1, 0.15) is 33.6 Å². The number of ether oxygens (including phenoxy) is 1. The maximum Gasteiger partial charge on any atom is 0.408 e. The van der Waals surface area contributed by atoms with Gasteiger partial charge in [0.05, 0.1) is 0 Å². The molecule has 0 aliphatic rings. The van der Waals surface area contributed by atoms with Crippen LogP contribution in [0.25, 0.3) is 0 Å². The summed E-state index contributed by atoms with van der Waals surface area (Å²) in [5.74, 6) is -1.19. The van der Waals surface area contributed by atoms with E-state index >= 15 is 0 Å². The molecule has 92 valence electrons. The number of carboxylic acids is 1. The molecule has 1 unspecified atom stereocenters. The first-order valence-electron chi connectivity index (χ1n) is 4.92. The fourth-order valence-corrected chi connectivity index (χ4v) is 0.942. The van der Waals surface area contributed by atoms with Crippen molar-refractivity contribution in [3.8, 4) is 0 Å². The Kier molecular flexibility index (Phi) is 5.49. The molecule has 0 aromatic carbocycles. The van der Waals surface area contributed by atoms with Crippen molar-refractivity contribution in [2.24, 2.45) is 0 Å². The summed E-state index contributed by atoms with van der Waals surface area (Å²) in [4.78, 5) is 32.1. The zero-order chi connectivity index (χ0) is 12.8. The van der Waals surface area contributed by atoms with E-state index in [-0.39, 0.29) is 12.8 Å². The number of nitrogens with one attached hydrogen (secondary N) is 1. The monoisotopic (exact) mass is 231 g/mol. The minimum absolute atomic E-state index is 0.0536. The van der Waals surface area contributed by atoms with Crippen LogP contribution in [-0.4, -0.2) is 35.1 Å². The minimum atomic E-state index is -1.19. The van der Waals surface area contributed by atoms with E-state index in [2.05, 4.69) is 5.32 Å². The number of hydrogen-bond donors (Lipinski definition) is 2. The van der Waals surface area contributed by atoms with Crippen molar-refractivity contribution < 1.29 is 24.2 Å². The van der Waals surface area contributed by atoms with Crippen molar-refractivity contribution in [1.29, 1.82) is 0 Å². The van der Waals surface area contributed by atoms with Gasteiger partial charge in [0.2, 0.25) is 0 Å². The Labute approximate surface area is 94.0 Å². The number of carbonyl (C=O) groups excluding carboxylic acids is 2. The Balaban J connectivity index is 4.23. The van der Waals surface area contributed by atoms with Crippen molar-refractivity contribution in [2.75, 3.05) is 0 Å². The van der Waals surface area contributed by atoms with Crippen LogP contribution >= 0.6 is 0 Å². The lowest BCUT2D eigenvalue weighted by Gasteiger charge is -2.21. The molecule has 16 heavy (non-hydrogen) atoms. The number of rotatable bonds is 5. The third-order valence-electron chi connectivity index (χ3n) is 1.56. The summed E-state index contributed by atoms with van der Waals surface area (Å²) in [6.45, 7) is 5.02. The number of carbonyl (C=O) groups is 3. The van der Waals surface area contributed by atoms with E-state index in [9.17, 15) is 14.4 Å². The SMILES string of the molecule is CC(C)(C)OC(=O)NC(CCC=O)C(=O)O. The standard InChI is InChI=1S/C10H17NO5/c1-10(2,3)16-9(15)11-7(8(13)14)5-4-6-12/h6-7H,4-5H2,1-3H3,(H,11,15)(H,13,14). The highest BCUT2D eigenvalue weighted by Gasteiger charge is 2.23. The first-order valence-corrected chi connectivity index (χ1v) is 4.92. The zero-order valence-electron chi connectivity index (χ0n) is 9.65. The maximum absolute atomic E-state index is 11.3. The Morgan fingerprint density at radius 2 is 2.00 bits per heavy atom. The van der Waals surface area contributed by atoms with Gasteiger partial charge in [-0.3, -0.25) is 0 Å². The van der Waals surface area contributed by atoms with Crippen molar-refractivity contribution in [1.82, 2.24) is 5.32 Å². The Morgan fingerprint density at radius 3 is 2.38 bits per heavy atom. The van der Waals surface area contributed by atoms with Crippen LogP contribution in [0.3, 0.4) is 0 Å². The average molecular weight is 231 g/mol. The summed E-state index contributed by atoms with van der Waals surface area (Å²) in [5, 5.41) is 10.9. The summed E-state index contributed by atoms with van der Waals surface area (Å²) in [6, 6.07) is -1.10. The van der Waals surface area contributed by atoms with Crippen LogP contribution in [0.4, 0.5) is 4.79 Å². The van der Waals surface area contributed by atoms with Gasteiger partial charge in [-0.25, -0.2) is 9.59 Å². The van der Waals surface area contributed by atoms with Gasteiger partial charge in [0.1, 0.15) is 17.9 Å². The predicted molar refractivity (Wildman–Crippen MR) is 56.1 cm³/mol. The lowest BCUT2D eigenvalue weighted by atomic mass is 10.1. The lowest BCUT2D eigenvalue weighted by molar-refractivity contribution is -0.139. The van der Waals surface area contributed by atoms with Crippen LogP contribution in [0.5, 0.6) is 0 Å². The zero-order valence-corrected chi connectivity index (χ0v) is 9.65. The molecule has 2 N–H and O–H groups in total. The average Bonchev–Trinajstić information content (AvgIpc) is 2.08. The second kappa shape index (κ2) is 6.09. The molecule has 0 aromatic rings. The van der Waals surface area contributed by atoms with Gasteiger partial charge in [0.15, 0.2) is 0 Å². The van der Waals surface area contributed by atoms with Gasteiger partial charge in [-0.05, 0) is 27.2 Å². The molecule has 0 saturated carbocycles. The van der Waals surface area contributed by atoms with Crippen molar-refractivity contribution in [2.45, 2.75) is 45.3 Å². The van der Waals surface area contributed by atoms with Crippen molar-refractivity contribution in [3.63, 3.8) is 0 Å². The summed E-state index contributed by atoms with van der Waals surface area (Å²) in [7, 11) is 0. The Hall–Kier alpha value is -1.59. The largest absolute Gasteiger partial charge is 0.480 e. The number of hydrogen-bond acceptors (Lipinski definition) is 4. The van der Waals surface area contributed by atoms with Crippen molar-refractivity contribution in [3.05, 3.63) is 0 Å². The first kappa shape index (κ1) is 14.4. The summed E-state index contributed by atoms with van der Waals surface area (Å²) in [6.07, 6.45) is -0.0665. The molecule has 0 saturated heterocycles. The van der Waals surface area contributed by atoms with Crippen LogP contribution in [-0.2, 0) is 14.3 Å². The van der Waals surface area contributed by atoms with Gasteiger partial charge in [0.25, 0.3) is 0 Å². The summed E-state index contributed by atoms with van der Waals surface area (Å²) in [5.41, 5.74) is -0.683. The molecule has 6 nitrogen and oxygen atoms in total. The second-order valence-corrected chi connectivity index (χ2v) is 4.28. The Bertz CT molecular complexity index is 269. The van der Waals surface area contributed by atoms with E-state index < -0.39 is 23.7 Å². The van der Waals surface area contributed by atoms with E-state index in [1.165, 1.54) is 0 Å². The van der Waals surface area contributed by atoms with Gasteiger partial charge in [-0.15, -0.1) is 0 Å². The summed E-state index contributed by atoms with van der Waals surface area (Å²) < 4.78 is 4.90. The highest BCUT2D eigenvalue weighted by atomic mass is 16.6. The second-order valence-electron chi connectivity index (χ2n) is 4.28. The van der Waals surface area contributed by atoms with Crippen molar-refractivity contribution >= 4 is 18.3 Å². The van der Waals surface area contributed by atoms with Crippen LogP contribution in [0, 0.1) is 0 Å². The minimum Gasteiger partial charge on any atom is -0.480 e. The molecule has 0 radical (unpaired) electrons. The van der Waals surface area contributed by atoms with Crippen LogP contribution < -0.4 is 5.32 Å². The molecule has 0 heterocycles. The molecule has 0 rings (SSSR count). The number of aliphatic carboxylic acids is 1. The molecule has 0 spiro atoms. The lowest BCUT2D eigenvalue weighted by Crippen LogP contribution is -2.43. The van der Waals surface area contributed by atoms with E-state index in [4.69, 9.17) is 9.84 Å². The molecule has 1 amide bonds. The van der Waals surface area contributed by atoms with Gasteiger partial charge in [-0.1, -0.05) is 0 Å². The highest BCUT2D eigenvalue weighted by Crippen LogP contribution is 2.07. The molecule has 0 aliphatic carbocycles. The molecule has 0 bridgehead atoms. The first-order chi connectivity index (χ1) is 7.26. The highest BCUT2D eigenvalue weighted by molar-refractivity contribution is 5.80. The fraction of sp³-hybridized carbons (Fsp3) is 0.700. The number of amides is 1. The summed E-state index contributed by atoms with van der Waals surface area (Å²) >= 11 is 0. The van der Waals surface area contributed by atoms with E-state index in [1.807, 2.05) is 0 Å². The van der Waals surface area contributed by atoms with Gasteiger partial charge >= 0.3 is 12.1 Å². The van der Waals surface area contributed by atoms with Gasteiger partial charge in [-0.2, -0.15) is 0 Å². The van der Waals surface area contributed by atoms with Crippen LogP contribution in [0.2, 0.25) is 0 Å². The number of aldehydes is 1. The third-order valence-corrected chi connectivity index (χ3v) is 1.56. The normalized spacial score (nSPS) is 12.7. The van der Waals surface area contributed by atoms with E-state index in [1.54, 1.807) is 20.8 Å². The fourth-order valence-electron chi connectivity index (χ4n) is 0.942. The molecule has 0 fully saturated rings. The number of carboxylic acid groups (broad SMARTS) is 1. The smallest absolute Gasteiger partial charge is 0.408 e. The maximum atomic E-state index is 11.3. The third kappa shape index (κ3) is 6.80.